The fourth-order valence-corrected chi connectivity index (χ4v) is 5.56. The Bertz CT molecular complexity index is 1470. The maximum absolute atomic E-state index is 13.2. The molecular weight excluding hydrogens is 493 g/mol. The summed E-state index contributed by atoms with van der Waals surface area (Å²) in [5.41, 5.74) is 1.87. The molecule has 1 saturated heterocycles. The van der Waals surface area contributed by atoms with Gasteiger partial charge in [0.05, 0.1) is 11.1 Å². The van der Waals surface area contributed by atoms with E-state index in [4.69, 9.17) is 4.98 Å². The van der Waals surface area contributed by atoms with Crippen LogP contribution in [-0.4, -0.2) is 54.6 Å². The van der Waals surface area contributed by atoms with Crippen molar-refractivity contribution in [3.63, 3.8) is 0 Å². The molecule has 1 fully saturated rings. The average molecular weight is 523 g/mol. The summed E-state index contributed by atoms with van der Waals surface area (Å²) < 4.78 is 41.1. The van der Waals surface area contributed by atoms with Gasteiger partial charge >= 0.3 is 6.18 Å². The summed E-state index contributed by atoms with van der Waals surface area (Å²) >= 11 is 0. The van der Waals surface area contributed by atoms with Gasteiger partial charge in [-0.25, -0.2) is 4.98 Å². The Kier molecular flexibility index (Phi) is 6.92. The van der Waals surface area contributed by atoms with Crippen molar-refractivity contribution in [3.05, 3.63) is 59.5 Å². The zero-order chi connectivity index (χ0) is 27.0. The molecule has 5 rings (SSSR count). The molecular formula is C27H29F3N8. The molecule has 4 aromatic rings. The van der Waals surface area contributed by atoms with E-state index in [9.17, 15) is 18.4 Å². The molecule has 3 aromatic heterocycles. The van der Waals surface area contributed by atoms with E-state index in [1.54, 1.807) is 22.7 Å². The van der Waals surface area contributed by atoms with Crippen LogP contribution in [0.2, 0.25) is 0 Å². The molecule has 0 N–H and O–H groups in total. The summed E-state index contributed by atoms with van der Waals surface area (Å²) in [6.45, 7) is 7.70. The average Bonchev–Trinajstić information content (AvgIpc) is 3.41. The summed E-state index contributed by atoms with van der Waals surface area (Å²) in [6, 6.07) is 11.4. The summed E-state index contributed by atoms with van der Waals surface area (Å²) in [5, 5.41) is 13.8. The number of aromatic nitrogens is 5. The highest BCUT2D eigenvalue weighted by atomic mass is 19.4. The smallest absolute Gasteiger partial charge is 0.349 e. The van der Waals surface area contributed by atoms with Crippen molar-refractivity contribution in [2.75, 3.05) is 18.0 Å². The fourth-order valence-electron chi connectivity index (χ4n) is 5.56. The van der Waals surface area contributed by atoms with Crippen LogP contribution >= 0.6 is 0 Å². The zero-order valence-corrected chi connectivity index (χ0v) is 21.5. The number of piperazine rings is 1. The molecule has 1 aliphatic heterocycles. The number of alkyl halides is 3. The van der Waals surface area contributed by atoms with Gasteiger partial charge in [-0.1, -0.05) is 32.9 Å². The van der Waals surface area contributed by atoms with Crippen molar-refractivity contribution in [1.29, 1.82) is 5.26 Å². The van der Waals surface area contributed by atoms with E-state index in [0.29, 0.717) is 35.9 Å². The molecule has 3 atom stereocenters. The van der Waals surface area contributed by atoms with Gasteiger partial charge in [0.2, 0.25) is 0 Å². The molecule has 38 heavy (non-hydrogen) atoms. The van der Waals surface area contributed by atoms with Crippen LogP contribution < -0.4 is 4.90 Å². The Labute approximate surface area is 218 Å². The first-order chi connectivity index (χ1) is 18.3. The molecule has 1 aromatic carbocycles. The number of hydrogen-bond donors (Lipinski definition) is 0. The van der Waals surface area contributed by atoms with Gasteiger partial charge < -0.3 is 4.90 Å². The molecule has 1 aliphatic rings. The Balaban J connectivity index is 1.53. The minimum absolute atomic E-state index is 0.00886. The summed E-state index contributed by atoms with van der Waals surface area (Å²) in [4.78, 5) is 18.4. The second-order valence-corrected chi connectivity index (χ2v) is 9.60. The minimum atomic E-state index is -4.36. The second kappa shape index (κ2) is 10.2. The SMILES string of the molecule is CC[C@H]1CN([C@@H](CC)c2ccc(C(F)(F)F)cc2)[C@H](CC)CN1c1nc2ncnn2c2ccc(C#N)nc12. The van der Waals surface area contributed by atoms with Gasteiger partial charge in [0.1, 0.15) is 23.6 Å². The lowest BCUT2D eigenvalue weighted by Gasteiger charge is -2.49. The van der Waals surface area contributed by atoms with Crippen LogP contribution in [0.25, 0.3) is 16.8 Å². The number of anilines is 1. The number of nitrogens with zero attached hydrogens (tertiary/aromatic N) is 8. The van der Waals surface area contributed by atoms with Crippen LogP contribution in [0.3, 0.4) is 0 Å². The summed E-state index contributed by atoms with van der Waals surface area (Å²) in [5.74, 6) is 1.13. The topological polar surface area (TPSA) is 86.2 Å². The maximum atomic E-state index is 13.2. The third-order valence-electron chi connectivity index (χ3n) is 7.53. The number of fused-ring (bicyclic) bond motifs is 3. The van der Waals surface area contributed by atoms with Gasteiger partial charge in [-0.15, -0.1) is 0 Å². The predicted octanol–water partition coefficient (Wildman–Crippen LogP) is 5.39. The van der Waals surface area contributed by atoms with Crippen molar-refractivity contribution in [3.8, 4) is 6.07 Å². The lowest BCUT2D eigenvalue weighted by molar-refractivity contribution is -0.137. The molecule has 0 bridgehead atoms. The zero-order valence-electron chi connectivity index (χ0n) is 21.5. The lowest BCUT2D eigenvalue weighted by atomic mass is 9.94. The normalized spacial score (nSPS) is 19.7. The quantitative estimate of drug-likeness (QED) is 0.335. The maximum Gasteiger partial charge on any atom is 0.416 e. The third-order valence-corrected chi connectivity index (χ3v) is 7.53. The van der Waals surface area contributed by atoms with Gasteiger partial charge in [-0.3, -0.25) is 4.90 Å². The third kappa shape index (κ3) is 4.53. The lowest BCUT2D eigenvalue weighted by Crippen LogP contribution is -2.59. The van der Waals surface area contributed by atoms with Gasteiger partial charge in [-0.2, -0.15) is 38.0 Å². The highest BCUT2D eigenvalue weighted by molar-refractivity contribution is 5.88. The molecule has 0 spiro atoms. The monoisotopic (exact) mass is 522 g/mol. The van der Waals surface area contributed by atoms with Crippen molar-refractivity contribution < 1.29 is 13.2 Å². The van der Waals surface area contributed by atoms with Crippen LogP contribution in [0.5, 0.6) is 0 Å². The first kappa shape index (κ1) is 25.9. The predicted molar refractivity (Wildman–Crippen MR) is 137 cm³/mol. The second-order valence-electron chi connectivity index (χ2n) is 9.60. The summed E-state index contributed by atoms with van der Waals surface area (Å²) in [6.07, 6.45) is -0.449. The van der Waals surface area contributed by atoms with Crippen LogP contribution in [0.15, 0.2) is 42.7 Å². The Morgan fingerprint density at radius 3 is 2.37 bits per heavy atom. The van der Waals surface area contributed by atoms with Crippen molar-refractivity contribution in [1.82, 2.24) is 29.5 Å². The van der Waals surface area contributed by atoms with Crippen LogP contribution in [0.4, 0.5) is 19.0 Å². The van der Waals surface area contributed by atoms with E-state index in [2.05, 4.69) is 51.7 Å². The minimum Gasteiger partial charge on any atom is -0.349 e. The Morgan fingerprint density at radius 1 is 1.00 bits per heavy atom. The number of pyridine rings is 1. The van der Waals surface area contributed by atoms with E-state index in [0.717, 1.165) is 30.3 Å². The van der Waals surface area contributed by atoms with Crippen LogP contribution in [0.1, 0.15) is 62.9 Å². The largest absolute Gasteiger partial charge is 0.416 e. The number of halogens is 3. The fraction of sp³-hybridized carbons (Fsp3) is 0.444. The first-order valence-corrected chi connectivity index (χ1v) is 12.9. The Morgan fingerprint density at radius 2 is 1.74 bits per heavy atom. The molecule has 11 heteroatoms. The molecule has 0 amide bonds. The van der Waals surface area contributed by atoms with Gasteiger partial charge in [0.25, 0.3) is 5.78 Å². The van der Waals surface area contributed by atoms with Gasteiger partial charge in [0.15, 0.2) is 5.82 Å². The van der Waals surface area contributed by atoms with Crippen molar-refractivity contribution in [2.45, 2.75) is 64.3 Å². The standard InChI is InChI=1S/C27H29F3N8/c1-4-20-15-37(25-24-23(12-11-19(13-31)34-24)38-26(35-25)32-16-33-38)21(5-2)14-36(20)22(6-3)17-7-9-18(10-8-17)27(28,29)30/h7-12,16,20-22H,4-6,14-15H2,1-3H3/t20-,21+,22+/m1/s1. The van der Waals surface area contributed by atoms with Crippen LogP contribution in [-0.2, 0) is 6.18 Å². The number of hydrogen-bond acceptors (Lipinski definition) is 7. The number of benzene rings is 1. The van der Waals surface area contributed by atoms with E-state index in [1.807, 2.05) is 6.07 Å². The Hall–Kier alpha value is -3.78. The molecule has 0 unspecified atom stereocenters. The molecule has 0 saturated carbocycles. The molecule has 198 valence electrons. The highest BCUT2D eigenvalue weighted by Gasteiger charge is 2.38. The molecule has 0 aliphatic carbocycles. The van der Waals surface area contributed by atoms with Gasteiger partial charge in [0, 0.05) is 31.2 Å². The van der Waals surface area contributed by atoms with E-state index in [-0.39, 0.29) is 18.1 Å². The van der Waals surface area contributed by atoms with Crippen molar-refractivity contribution in [2.24, 2.45) is 0 Å². The number of rotatable bonds is 6. The van der Waals surface area contributed by atoms with E-state index < -0.39 is 11.7 Å². The van der Waals surface area contributed by atoms with Crippen molar-refractivity contribution >= 4 is 22.6 Å². The van der Waals surface area contributed by atoms with E-state index in [1.165, 1.54) is 18.5 Å². The van der Waals surface area contributed by atoms with Gasteiger partial charge in [-0.05, 0) is 49.1 Å². The number of nitriles is 1. The molecule has 0 radical (unpaired) electrons. The van der Waals surface area contributed by atoms with Crippen LogP contribution in [0, 0.1) is 11.3 Å². The molecule has 8 nitrogen and oxygen atoms in total. The van der Waals surface area contributed by atoms with E-state index >= 15 is 0 Å². The highest BCUT2D eigenvalue weighted by Crippen LogP contribution is 2.37. The molecule has 4 heterocycles. The first-order valence-electron chi connectivity index (χ1n) is 12.9. The summed E-state index contributed by atoms with van der Waals surface area (Å²) in [7, 11) is 0.